The van der Waals surface area contributed by atoms with Crippen molar-refractivity contribution in [2.75, 3.05) is 19.3 Å². The Balaban J connectivity index is 0.00000225. The predicted molar refractivity (Wildman–Crippen MR) is 115 cm³/mol. The highest BCUT2D eigenvalue weighted by Crippen LogP contribution is 2.36. The van der Waals surface area contributed by atoms with E-state index in [4.69, 9.17) is 0 Å². The van der Waals surface area contributed by atoms with Crippen LogP contribution in [0.15, 0.2) is 42.0 Å². The van der Waals surface area contributed by atoms with E-state index < -0.39 is 0 Å². The maximum Gasteiger partial charge on any atom is 0.191 e. The van der Waals surface area contributed by atoms with E-state index in [0.29, 0.717) is 11.3 Å². The van der Waals surface area contributed by atoms with Crippen molar-refractivity contribution in [3.63, 3.8) is 0 Å². The van der Waals surface area contributed by atoms with Gasteiger partial charge in [-0.3, -0.25) is 9.56 Å². The van der Waals surface area contributed by atoms with Gasteiger partial charge in [-0.2, -0.15) is 11.8 Å². The van der Waals surface area contributed by atoms with Gasteiger partial charge in [0.15, 0.2) is 5.96 Å². The van der Waals surface area contributed by atoms with Gasteiger partial charge >= 0.3 is 0 Å². The van der Waals surface area contributed by atoms with E-state index in [1.807, 2.05) is 41.8 Å². The molecule has 0 amide bonds. The lowest BCUT2D eigenvalue weighted by Gasteiger charge is -2.24. The maximum absolute atomic E-state index is 4.37. The van der Waals surface area contributed by atoms with Gasteiger partial charge in [0.2, 0.25) is 0 Å². The molecule has 1 aliphatic heterocycles. The summed E-state index contributed by atoms with van der Waals surface area (Å²) >= 11 is 2.05. The van der Waals surface area contributed by atoms with Gasteiger partial charge in [0, 0.05) is 43.5 Å². The molecule has 0 aliphatic carbocycles. The molecule has 1 unspecified atom stereocenters. The first-order chi connectivity index (χ1) is 11.7. The van der Waals surface area contributed by atoms with Gasteiger partial charge in [-0.25, -0.2) is 9.97 Å². The third-order valence-electron chi connectivity index (χ3n) is 4.19. The lowest BCUT2D eigenvalue weighted by Crippen LogP contribution is -2.43. The van der Waals surface area contributed by atoms with Crippen molar-refractivity contribution in [2.45, 2.75) is 31.1 Å². The highest BCUT2D eigenvalue weighted by molar-refractivity contribution is 14.0. The zero-order valence-corrected chi connectivity index (χ0v) is 17.8. The van der Waals surface area contributed by atoms with Crippen LogP contribution in [0.3, 0.4) is 0 Å². The molecule has 8 heteroatoms. The fourth-order valence-electron chi connectivity index (χ4n) is 2.76. The van der Waals surface area contributed by atoms with Crippen molar-refractivity contribution in [2.24, 2.45) is 4.99 Å². The van der Waals surface area contributed by atoms with Gasteiger partial charge in [0.1, 0.15) is 12.1 Å². The van der Waals surface area contributed by atoms with Gasteiger partial charge in [-0.1, -0.05) is 0 Å². The van der Waals surface area contributed by atoms with Crippen molar-refractivity contribution in [3.8, 4) is 5.82 Å². The SMILES string of the molecule is CN=C(NCc1ccnc(-n2ccnc2)c1)NCC1(C)CCCS1.I. The molecule has 2 aromatic heterocycles. The number of aliphatic imine (C=N–C) groups is 1. The predicted octanol–water partition coefficient (Wildman–Crippen LogP) is 2.84. The second-order valence-corrected chi connectivity index (χ2v) is 7.86. The van der Waals surface area contributed by atoms with Gasteiger partial charge in [-0.15, -0.1) is 24.0 Å². The Bertz CT molecular complexity index is 682. The minimum atomic E-state index is 0. The maximum atomic E-state index is 4.37. The Kier molecular flexibility index (Phi) is 7.55. The number of aromatic nitrogens is 3. The fraction of sp³-hybridized carbons (Fsp3) is 0.471. The van der Waals surface area contributed by atoms with E-state index in [9.17, 15) is 0 Å². The molecule has 0 radical (unpaired) electrons. The van der Waals surface area contributed by atoms with E-state index in [0.717, 1.165) is 23.9 Å². The first-order valence-corrected chi connectivity index (χ1v) is 9.19. The molecule has 0 bridgehead atoms. The van der Waals surface area contributed by atoms with Crippen molar-refractivity contribution >= 4 is 41.7 Å². The van der Waals surface area contributed by atoms with E-state index in [1.165, 1.54) is 18.6 Å². The molecule has 1 aliphatic rings. The first kappa shape index (κ1) is 20.0. The number of nitrogens with zero attached hydrogens (tertiary/aromatic N) is 4. The number of thioether (sulfide) groups is 1. The Morgan fingerprint density at radius 2 is 2.28 bits per heavy atom. The van der Waals surface area contributed by atoms with Crippen LogP contribution in [0.1, 0.15) is 25.3 Å². The minimum Gasteiger partial charge on any atom is -0.355 e. The smallest absolute Gasteiger partial charge is 0.191 e. The van der Waals surface area contributed by atoms with Crippen LogP contribution in [0.4, 0.5) is 0 Å². The number of guanidine groups is 1. The highest BCUT2D eigenvalue weighted by atomic mass is 127. The summed E-state index contributed by atoms with van der Waals surface area (Å²) in [6.45, 7) is 3.97. The molecule has 0 aromatic carbocycles. The molecule has 136 valence electrons. The molecule has 6 nitrogen and oxygen atoms in total. The van der Waals surface area contributed by atoms with E-state index in [2.05, 4.69) is 38.6 Å². The summed E-state index contributed by atoms with van der Waals surface area (Å²) in [6.07, 6.45) is 9.78. The summed E-state index contributed by atoms with van der Waals surface area (Å²) in [4.78, 5) is 12.8. The summed E-state index contributed by atoms with van der Waals surface area (Å²) in [5.74, 6) is 2.97. The molecule has 3 rings (SSSR count). The van der Waals surface area contributed by atoms with Crippen LogP contribution in [0.25, 0.3) is 5.82 Å². The zero-order valence-electron chi connectivity index (χ0n) is 14.6. The monoisotopic (exact) mass is 472 g/mol. The summed E-state index contributed by atoms with van der Waals surface area (Å²) in [5, 5.41) is 6.83. The van der Waals surface area contributed by atoms with Crippen molar-refractivity contribution < 1.29 is 0 Å². The summed E-state index contributed by atoms with van der Waals surface area (Å²) < 4.78 is 2.22. The highest BCUT2D eigenvalue weighted by Gasteiger charge is 2.29. The molecule has 2 aromatic rings. The first-order valence-electron chi connectivity index (χ1n) is 8.20. The largest absolute Gasteiger partial charge is 0.355 e. The van der Waals surface area contributed by atoms with E-state index in [1.54, 1.807) is 12.5 Å². The third kappa shape index (κ3) is 5.60. The van der Waals surface area contributed by atoms with Crippen molar-refractivity contribution in [3.05, 3.63) is 42.6 Å². The quantitative estimate of drug-likeness (QED) is 0.398. The summed E-state index contributed by atoms with van der Waals surface area (Å²) in [7, 11) is 1.81. The van der Waals surface area contributed by atoms with E-state index >= 15 is 0 Å². The molecule has 25 heavy (non-hydrogen) atoms. The zero-order chi connectivity index (χ0) is 16.8. The molecular weight excluding hydrogens is 447 g/mol. The van der Waals surface area contributed by atoms with Gasteiger partial charge in [0.05, 0.1) is 0 Å². The van der Waals surface area contributed by atoms with Crippen LogP contribution < -0.4 is 10.6 Å². The number of nitrogens with one attached hydrogen (secondary N) is 2. The Labute approximate surface area is 170 Å². The number of pyridine rings is 1. The summed E-state index contributed by atoms with van der Waals surface area (Å²) in [6, 6.07) is 4.06. The number of halogens is 1. The topological polar surface area (TPSA) is 67.1 Å². The van der Waals surface area contributed by atoms with E-state index in [-0.39, 0.29) is 24.0 Å². The second kappa shape index (κ2) is 9.42. The molecule has 3 heterocycles. The lowest BCUT2D eigenvalue weighted by atomic mass is 10.1. The molecular formula is C17H25IN6S. The number of imidazole rings is 1. The van der Waals surface area contributed by atoms with Crippen LogP contribution in [0.5, 0.6) is 0 Å². The third-order valence-corrected chi connectivity index (χ3v) is 5.73. The van der Waals surface area contributed by atoms with Crippen LogP contribution in [-0.2, 0) is 6.54 Å². The molecule has 1 atom stereocenters. The van der Waals surface area contributed by atoms with Crippen LogP contribution in [-0.4, -0.2) is 44.6 Å². The number of hydrogen-bond donors (Lipinski definition) is 2. The normalized spacial score (nSPS) is 20.2. The average Bonchev–Trinajstić information content (AvgIpc) is 3.27. The van der Waals surface area contributed by atoms with Crippen LogP contribution in [0, 0.1) is 0 Å². The average molecular weight is 472 g/mol. The minimum absolute atomic E-state index is 0. The Morgan fingerprint density at radius 3 is 2.96 bits per heavy atom. The number of hydrogen-bond acceptors (Lipinski definition) is 4. The second-order valence-electron chi connectivity index (χ2n) is 6.17. The van der Waals surface area contributed by atoms with Gasteiger partial charge in [-0.05, 0) is 43.2 Å². The van der Waals surface area contributed by atoms with Gasteiger partial charge in [0.25, 0.3) is 0 Å². The van der Waals surface area contributed by atoms with Gasteiger partial charge < -0.3 is 10.6 Å². The van der Waals surface area contributed by atoms with Crippen LogP contribution >= 0.6 is 35.7 Å². The standard InChI is InChI=1S/C17H24N6S.HI/c1-17(5-3-9-24-17)12-22-16(18-2)21-11-14-4-6-20-15(10-14)23-8-7-19-13-23;/h4,6-8,10,13H,3,5,9,11-12H2,1-2H3,(H2,18,21,22);1H. The molecule has 2 N–H and O–H groups in total. The Hall–Kier alpha value is -1.29. The number of rotatable bonds is 5. The molecule has 0 saturated carbocycles. The lowest BCUT2D eigenvalue weighted by molar-refractivity contribution is 0.584. The molecule has 1 fully saturated rings. The molecule has 0 spiro atoms. The summed E-state index contributed by atoms with van der Waals surface area (Å²) in [5.41, 5.74) is 1.15. The van der Waals surface area contributed by atoms with Crippen molar-refractivity contribution in [1.29, 1.82) is 0 Å². The van der Waals surface area contributed by atoms with Crippen molar-refractivity contribution in [1.82, 2.24) is 25.2 Å². The molecule has 1 saturated heterocycles. The fourth-order valence-corrected chi connectivity index (χ4v) is 4.00. The van der Waals surface area contributed by atoms with Crippen LogP contribution in [0.2, 0.25) is 0 Å². The Morgan fingerprint density at radius 1 is 1.40 bits per heavy atom.